The molecule has 30 aromatic rings. The van der Waals surface area contributed by atoms with Gasteiger partial charge in [0.15, 0.2) is 0 Å². The van der Waals surface area contributed by atoms with Gasteiger partial charge in [-0.15, -0.1) is 34.0 Å². The minimum Gasteiger partial charge on any atom is -0.456 e. The van der Waals surface area contributed by atoms with Crippen molar-refractivity contribution in [1.82, 2.24) is 22.8 Å². The predicted molar refractivity (Wildman–Crippen MR) is 651 cm³/mol. The molecule has 7 nitrogen and oxygen atoms in total. The third kappa shape index (κ3) is 15.9. The lowest BCUT2D eigenvalue weighted by atomic mass is 9.86. The Morgan fingerprint density at radius 3 is 0.913 bits per heavy atom. The predicted octanol–water partition coefficient (Wildman–Crippen LogP) is 41.3. The molecule has 0 spiro atoms. The molecule has 150 heavy (non-hydrogen) atoms. The summed E-state index contributed by atoms with van der Waals surface area (Å²) in [7, 11) is 0. The normalized spacial score (nSPS) is 12.5. The van der Waals surface area contributed by atoms with Crippen LogP contribution in [0.25, 0.3) is 242 Å². The Morgan fingerprint density at radius 1 is 0.160 bits per heavy atom. The quantitative estimate of drug-likeness (QED) is 0.172. The number of fused-ring (bicyclic) bond motifs is 30. The van der Waals surface area contributed by atoms with Crippen LogP contribution in [0.15, 0.2) is 433 Å². The first-order valence-corrected chi connectivity index (χ1v) is 54.8. The number of furan rings is 2. The number of aromatic nitrogens is 5. The van der Waals surface area contributed by atoms with Crippen molar-refractivity contribution in [3.8, 4) is 28.4 Å². The summed E-state index contributed by atoms with van der Waals surface area (Å²) in [6.07, 6.45) is 0. The van der Waals surface area contributed by atoms with Crippen LogP contribution in [0.5, 0.6) is 0 Å². The van der Waals surface area contributed by atoms with Gasteiger partial charge in [0.25, 0.3) is 0 Å². The highest BCUT2D eigenvalue weighted by molar-refractivity contribution is 7.26. The summed E-state index contributed by atoms with van der Waals surface area (Å²) in [6, 6.07) is 154. The van der Waals surface area contributed by atoms with Gasteiger partial charge in [-0.2, -0.15) is 0 Å². The maximum atomic E-state index is 6.47. The maximum Gasteiger partial charge on any atom is 0.139 e. The lowest BCUT2D eigenvalue weighted by molar-refractivity contribution is 0.573. The lowest BCUT2D eigenvalue weighted by Crippen LogP contribution is -2.10. The van der Waals surface area contributed by atoms with Crippen LogP contribution in [0, 0.1) is 0 Å². The summed E-state index contributed by atoms with van der Waals surface area (Å²) in [5, 5.41) is 25.7. The molecule has 0 N–H and O–H groups in total. The van der Waals surface area contributed by atoms with E-state index in [1.54, 1.807) is 0 Å². The van der Waals surface area contributed by atoms with Crippen LogP contribution in [0.1, 0.15) is 132 Å². The number of nitrogens with zero attached hydrogens (tertiary/aromatic N) is 5. The minimum atomic E-state index is 0.0266. The second kappa shape index (κ2) is 35.7. The van der Waals surface area contributed by atoms with Crippen LogP contribution in [0.4, 0.5) is 0 Å². The molecule has 0 bridgehead atoms. The molecule has 0 atom stereocenters. The molecular formula is C140H115N5O2S3. The number of hydrogen-bond donors (Lipinski definition) is 0. The van der Waals surface area contributed by atoms with E-state index >= 15 is 0 Å². The Morgan fingerprint density at radius 2 is 0.460 bits per heavy atom. The number of thiophene rings is 3. The number of para-hydroxylation sites is 10. The Labute approximate surface area is 884 Å². The van der Waals surface area contributed by atoms with E-state index < -0.39 is 0 Å². The van der Waals surface area contributed by atoms with Crippen molar-refractivity contribution in [3.05, 3.63) is 452 Å². The standard InChI is InChI=1S/2C28H23NO.3C28H23NS/c1-28(2,3)18-12-14-19(15-13-18)29-24-10-6-4-8-20(24)22-17-27-23(16-25(22)29)21-9-5-7-11-26(21)30-27;2*1-28(2,3)23-14-9-13-20-22-16-25-21(17-26(22)30-27(20)23)19-12-7-8-15-24(19)29(25)18-10-5-4-6-11-18;1-28(2,3)18-13-14-26-22(15-18)23-16-25-21(17-27(23)30-26)20-11-7-8-12-24(20)29(25)19-9-5-4-6-10-19;1-28(2,3)18-13-14-24-21(15-18)22-17-27-23(20-11-7-8-12-26(20)30-27)16-25(22)29(24)19-9-5-4-6-10-19/h5*4-17H,1-3H3. The van der Waals surface area contributed by atoms with Crippen LogP contribution in [0.2, 0.25) is 0 Å². The number of benzene rings is 20. The summed E-state index contributed by atoms with van der Waals surface area (Å²) < 4.78 is 32.8. The first-order chi connectivity index (χ1) is 72.6. The van der Waals surface area contributed by atoms with Crippen LogP contribution in [-0.4, -0.2) is 22.8 Å². The zero-order valence-corrected chi connectivity index (χ0v) is 89.6. The van der Waals surface area contributed by atoms with E-state index in [9.17, 15) is 0 Å². The Hall–Kier alpha value is -16.3. The van der Waals surface area contributed by atoms with Gasteiger partial charge in [0.1, 0.15) is 22.3 Å². The molecule has 0 amide bonds. The van der Waals surface area contributed by atoms with Gasteiger partial charge >= 0.3 is 0 Å². The summed E-state index contributed by atoms with van der Waals surface area (Å²) in [5.74, 6) is 0. The highest BCUT2D eigenvalue weighted by Gasteiger charge is 2.29. The molecule has 20 aromatic carbocycles. The molecule has 30 rings (SSSR count). The fourth-order valence-electron chi connectivity index (χ4n) is 23.1. The molecule has 0 saturated carbocycles. The molecule has 730 valence electrons. The SMILES string of the molecule is CC(C)(C)c1ccc(-n2c3ccccc3c3cc4oc5ccccc5c4cc32)cc1.CC(C)(C)c1ccc2c(c1)c1cc3sc4ccccc4c3cc1n2-c1ccccc1.CC(C)(C)c1ccc2sc3cc4c5ccccc5n(-c5ccccc5)c4cc3c2c1.CC(C)(C)c1cccc2c1oc1cc3c4ccccc4n(-c4ccccc4)c3cc12.CC(C)(C)c1cccc2c1sc1cc3c4ccccc4n(-c4ccccc4)c3cc12. The number of rotatable bonds is 5. The second-order valence-electron chi connectivity index (χ2n) is 45.5. The molecule has 0 aliphatic carbocycles. The van der Waals surface area contributed by atoms with Gasteiger partial charge in [-0.3, -0.25) is 0 Å². The van der Waals surface area contributed by atoms with E-state index in [2.05, 4.69) is 539 Å². The average Bonchev–Trinajstić information content (AvgIpc) is 1.57. The highest BCUT2D eigenvalue weighted by atomic mass is 32.1. The smallest absolute Gasteiger partial charge is 0.139 e. The van der Waals surface area contributed by atoms with Crippen molar-refractivity contribution in [2.75, 3.05) is 0 Å². The first-order valence-electron chi connectivity index (χ1n) is 52.3. The molecule has 0 aliphatic heterocycles. The van der Waals surface area contributed by atoms with Crippen LogP contribution in [-0.2, 0) is 27.1 Å². The Bertz CT molecular complexity index is 10300. The zero-order chi connectivity index (χ0) is 102. The van der Waals surface area contributed by atoms with Crippen molar-refractivity contribution < 1.29 is 8.83 Å². The van der Waals surface area contributed by atoms with Crippen LogP contribution >= 0.6 is 34.0 Å². The summed E-state index contributed by atoms with van der Waals surface area (Å²) in [5.41, 5.74) is 29.6. The largest absolute Gasteiger partial charge is 0.456 e. The van der Waals surface area contributed by atoms with E-state index in [0.29, 0.717) is 0 Å². The molecule has 10 heterocycles. The first kappa shape index (κ1) is 93.4. The van der Waals surface area contributed by atoms with Gasteiger partial charge in [0, 0.05) is 170 Å². The average molecular weight is 2000 g/mol. The van der Waals surface area contributed by atoms with Gasteiger partial charge in [-0.05, 0) is 231 Å². The lowest BCUT2D eigenvalue weighted by Gasteiger charge is -2.19. The highest BCUT2D eigenvalue weighted by Crippen LogP contribution is 2.50. The fraction of sp³-hybridized carbons (Fsp3) is 0.143. The summed E-state index contributed by atoms with van der Waals surface area (Å²) in [6.45, 7) is 34.1. The Kier molecular flexibility index (Phi) is 22.3. The second-order valence-corrected chi connectivity index (χ2v) is 48.7. The third-order valence-corrected chi connectivity index (χ3v) is 34.1. The van der Waals surface area contributed by atoms with Gasteiger partial charge < -0.3 is 31.7 Å². The molecule has 0 fully saturated rings. The van der Waals surface area contributed by atoms with Gasteiger partial charge in [-0.1, -0.05) is 347 Å². The van der Waals surface area contributed by atoms with Gasteiger partial charge in [0.05, 0.1) is 55.2 Å². The maximum absolute atomic E-state index is 6.47. The Balaban J connectivity index is 0.0000000945. The van der Waals surface area contributed by atoms with Gasteiger partial charge in [0.2, 0.25) is 0 Å². The summed E-state index contributed by atoms with van der Waals surface area (Å²) >= 11 is 5.73. The number of hydrogen-bond acceptors (Lipinski definition) is 5. The molecule has 0 radical (unpaired) electrons. The van der Waals surface area contributed by atoms with Gasteiger partial charge in [-0.25, -0.2) is 0 Å². The molecule has 10 heteroatoms. The van der Waals surface area contributed by atoms with Crippen molar-refractivity contribution in [3.63, 3.8) is 0 Å². The monoisotopic (exact) mass is 1990 g/mol. The van der Waals surface area contributed by atoms with Crippen molar-refractivity contribution in [2.24, 2.45) is 0 Å². The summed E-state index contributed by atoms with van der Waals surface area (Å²) in [4.78, 5) is 0. The van der Waals surface area contributed by atoms with Crippen molar-refractivity contribution >= 4 is 247 Å². The molecular weight excluding hydrogens is 1880 g/mol. The minimum absolute atomic E-state index is 0.0266. The molecule has 0 saturated heterocycles. The molecule has 0 unspecified atom stereocenters. The van der Waals surface area contributed by atoms with E-state index in [0.717, 1.165) is 33.1 Å². The van der Waals surface area contributed by atoms with E-state index in [1.165, 1.54) is 237 Å². The van der Waals surface area contributed by atoms with E-state index in [1.807, 2.05) is 46.1 Å². The van der Waals surface area contributed by atoms with Crippen molar-refractivity contribution in [2.45, 2.75) is 131 Å². The third-order valence-electron chi connectivity index (χ3n) is 30.7. The zero-order valence-electron chi connectivity index (χ0n) is 87.2. The van der Waals surface area contributed by atoms with Crippen molar-refractivity contribution in [1.29, 1.82) is 0 Å². The molecule has 0 aliphatic rings. The van der Waals surface area contributed by atoms with Crippen LogP contribution < -0.4 is 0 Å². The topological polar surface area (TPSA) is 50.9 Å². The molecule has 10 aromatic heterocycles. The van der Waals surface area contributed by atoms with E-state index in [-0.39, 0.29) is 27.1 Å². The fourth-order valence-corrected chi connectivity index (χ4v) is 26.8. The van der Waals surface area contributed by atoms with Crippen LogP contribution in [0.3, 0.4) is 0 Å². The van der Waals surface area contributed by atoms with E-state index in [4.69, 9.17) is 8.83 Å².